The number of pyridine rings is 2. The lowest BCUT2D eigenvalue weighted by molar-refractivity contribution is -0.116. The van der Waals surface area contributed by atoms with Crippen LogP contribution >= 0.6 is 11.8 Å². The van der Waals surface area contributed by atoms with E-state index in [1.165, 1.54) is 11.8 Å². The first kappa shape index (κ1) is 19.6. The largest absolute Gasteiger partial charge is 0.352 e. The number of benzene rings is 1. The molecule has 2 amide bonds. The van der Waals surface area contributed by atoms with Gasteiger partial charge in [0.05, 0.1) is 0 Å². The Morgan fingerprint density at radius 3 is 2.54 bits per heavy atom. The SMILES string of the molecule is Cc1ccccc1C(=O)NCCC(=O)Nc1ccnc(Sc2ccccn2)c1. The fourth-order valence-electron chi connectivity index (χ4n) is 2.49. The van der Waals surface area contributed by atoms with E-state index in [4.69, 9.17) is 0 Å². The Morgan fingerprint density at radius 2 is 1.75 bits per heavy atom. The van der Waals surface area contributed by atoms with Gasteiger partial charge in [0.15, 0.2) is 0 Å². The normalized spacial score (nSPS) is 10.3. The van der Waals surface area contributed by atoms with Gasteiger partial charge in [-0.2, -0.15) is 0 Å². The molecular weight excluding hydrogens is 372 g/mol. The van der Waals surface area contributed by atoms with Crippen LogP contribution in [0.4, 0.5) is 5.69 Å². The maximum Gasteiger partial charge on any atom is 0.251 e. The number of nitrogens with one attached hydrogen (secondary N) is 2. The van der Waals surface area contributed by atoms with Gasteiger partial charge in [-0.1, -0.05) is 36.0 Å². The maximum absolute atomic E-state index is 12.2. The van der Waals surface area contributed by atoms with Crippen LogP contribution in [0.15, 0.2) is 77.0 Å². The van der Waals surface area contributed by atoms with Gasteiger partial charge in [-0.25, -0.2) is 9.97 Å². The van der Waals surface area contributed by atoms with Crippen molar-refractivity contribution in [2.75, 3.05) is 11.9 Å². The first-order valence-electron chi connectivity index (χ1n) is 8.80. The minimum Gasteiger partial charge on any atom is -0.352 e. The summed E-state index contributed by atoms with van der Waals surface area (Å²) in [5, 5.41) is 7.18. The molecular formula is C21H20N4O2S. The number of aryl methyl sites for hydroxylation is 1. The van der Waals surface area contributed by atoms with Gasteiger partial charge in [0.2, 0.25) is 5.91 Å². The zero-order chi connectivity index (χ0) is 19.8. The van der Waals surface area contributed by atoms with E-state index in [9.17, 15) is 9.59 Å². The highest BCUT2D eigenvalue weighted by Crippen LogP contribution is 2.25. The second-order valence-electron chi connectivity index (χ2n) is 6.02. The summed E-state index contributed by atoms with van der Waals surface area (Å²) in [5.41, 5.74) is 2.18. The van der Waals surface area contributed by atoms with Crippen LogP contribution in [0.2, 0.25) is 0 Å². The average Bonchev–Trinajstić information content (AvgIpc) is 2.69. The maximum atomic E-state index is 12.2. The van der Waals surface area contributed by atoms with Gasteiger partial charge in [-0.3, -0.25) is 9.59 Å². The van der Waals surface area contributed by atoms with Gasteiger partial charge in [-0.15, -0.1) is 0 Å². The van der Waals surface area contributed by atoms with Crippen molar-refractivity contribution < 1.29 is 9.59 Å². The van der Waals surface area contributed by atoms with E-state index >= 15 is 0 Å². The highest BCUT2D eigenvalue weighted by molar-refractivity contribution is 7.99. The molecule has 0 saturated heterocycles. The molecule has 0 aliphatic heterocycles. The number of amides is 2. The second kappa shape index (κ2) is 9.66. The van der Waals surface area contributed by atoms with Crippen molar-refractivity contribution in [3.05, 3.63) is 78.1 Å². The van der Waals surface area contributed by atoms with E-state index in [-0.39, 0.29) is 24.8 Å². The standard InChI is InChI=1S/C21H20N4O2S/c1-15-6-2-3-7-17(15)21(27)24-13-10-18(26)25-16-9-12-23-20(14-16)28-19-8-4-5-11-22-19/h2-9,11-12,14H,10,13H2,1H3,(H,24,27)(H,23,25,26). The topological polar surface area (TPSA) is 84.0 Å². The van der Waals surface area contributed by atoms with Crippen LogP contribution in [0, 0.1) is 6.92 Å². The first-order valence-corrected chi connectivity index (χ1v) is 9.62. The molecule has 2 N–H and O–H groups in total. The minimum atomic E-state index is -0.177. The molecule has 142 valence electrons. The van der Waals surface area contributed by atoms with Gasteiger partial charge < -0.3 is 10.6 Å². The highest BCUT2D eigenvalue weighted by Gasteiger charge is 2.09. The third kappa shape index (κ3) is 5.65. The zero-order valence-electron chi connectivity index (χ0n) is 15.4. The van der Waals surface area contributed by atoms with Crippen molar-refractivity contribution in [1.82, 2.24) is 15.3 Å². The van der Waals surface area contributed by atoms with Crippen molar-refractivity contribution in [3.8, 4) is 0 Å². The molecule has 2 aromatic heterocycles. The van der Waals surface area contributed by atoms with Gasteiger partial charge in [0.1, 0.15) is 10.1 Å². The van der Waals surface area contributed by atoms with Crippen LogP contribution in [0.5, 0.6) is 0 Å². The smallest absolute Gasteiger partial charge is 0.251 e. The second-order valence-corrected chi connectivity index (χ2v) is 7.06. The molecule has 0 atom stereocenters. The molecule has 0 saturated carbocycles. The van der Waals surface area contributed by atoms with E-state index in [2.05, 4.69) is 20.6 Å². The van der Waals surface area contributed by atoms with Gasteiger partial charge in [0.25, 0.3) is 5.91 Å². The molecule has 6 nitrogen and oxygen atoms in total. The zero-order valence-corrected chi connectivity index (χ0v) is 16.2. The molecule has 0 aliphatic rings. The molecule has 0 radical (unpaired) electrons. The molecule has 28 heavy (non-hydrogen) atoms. The fourth-order valence-corrected chi connectivity index (χ4v) is 3.27. The molecule has 0 fully saturated rings. The van der Waals surface area contributed by atoms with E-state index in [0.29, 0.717) is 11.3 Å². The Hall–Kier alpha value is -3.19. The summed E-state index contributed by atoms with van der Waals surface area (Å²) < 4.78 is 0. The van der Waals surface area contributed by atoms with E-state index in [1.807, 2.05) is 43.3 Å². The molecule has 0 spiro atoms. The summed E-state index contributed by atoms with van der Waals surface area (Å²) in [7, 11) is 0. The first-order chi connectivity index (χ1) is 13.6. The molecule has 1 aromatic carbocycles. The Kier molecular flexibility index (Phi) is 6.75. The van der Waals surface area contributed by atoms with Gasteiger partial charge in [-0.05, 0) is 42.8 Å². The van der Waals surface area contributed by atoms with Crippen molar-refractivity contribution in [2.45, 2.75) is 23.4 Å². The lowest BCUT2D eigenvalue weighted by Gasteiger charge is -2.09. The Labute approximate surface area is 167 Å². The highest BCUT2D eigenvalue weighted by atomic mass is 32.2. The lowest BCUT2D eigenvalue weighted by Crippen LogP contribution is -2.28. The van der Waals surface area contributed by atoms with E-state index in [0.717, 1.165) is 15.6 Å². The van der Waals surface area contributed by atoms with Crippen LogP contribution < -0.4 is 10.6 Å². The molecule has 0 bridgehead atoms. The lowest BCUT2D eigenvalue weighted by atomic mass is 10.1. The third-order valence-electron chi connectivity index (χ3n) is 3.89. The van der Waals surface area contributed by atoms with Crippen molar-refractivity contribution in [2.24, 2.45) is 0 Å². The number of nitrogens with zero attached hydrogens (tertiary/aromatic N) is 2. The predicted molar refractivity (Wildman–Crippen MR) is 109 cm³/mol. The summed E-state index contributed by atoms with van der Waals surface area (Å²) in [6, 6.07) is 16.5. The van der Waals surface area contributed by atoms with Gasteiger partial charge >= 0.3 is 0 Å². The molecule has 2 heterocycles. The number of carbonyl (C=O) groups excluding carboxylic acids is 2. The summed E-state index contributed by atoms with van der Waals surface area (Å²) in [4.78, 5) is 32.9. The number of hydrogen-bond acceptors (Lipinski definition) is 5. The van der Waals surface area contributed by atoms with E-state index in [1.54, 1.807) is 30.6 Å². The summed E-state index contributed by atoms with van der Waals surface area (Å²) in [6.45, 7) is 2.14. The quantitative estimate of drug-likeness (QED) is 0.641. The molecule has 3 aromatic rings. The fraction of sp³-hybridized carbons (Fsp3) is 0.143. The van der Waals surface area contributed by atoms with Crippen LogP contribution in [0.25, 0.3) is 0 Å². The molecule has 3 rings (SSSR count). The van der Waals surface area contributed by atoms with E-state index < -0.39 is 0 Å². The minimum absolute atomic E-state index is 0.176. The average molecular weight is 392 g/mol. The van der Waals surface area contributed by atoms with Crippen LogP contribution in [-0.4, -0.2) is 28.3 Å². The Balaban J connectivity index is 1.49. The molecule has 0 unspecified atom stereocenters. The van der Waals surface area contributed by atoms with Crippen LogP contribution in [0.3, 0.4) is 0 Å². The Bertz CT molecular complexity index is 963. The number of rotatable bonds is 7. The van der Waals surface area contributed by atoms with Crippen molar-refractivity contribution in [1.29, 1.82) is 0 Å². The Morgan fingerprint density at radius 1 is 0.964 bits per heavy atom. The monoisotopic (exact) mass is 392 g/mol. The van der Waals surface area contributed by atoms with Crippen LogP contribution in [0.1, 0.15) is 22.3 Å². The third-order valence-corrected chi connectivity index (χ3v) is 4.78. The predicted octanol–water partition coefficient (Wildman–Crippen LogP) is 3.69. The number of hydrogen-bond donors (Lipinski definition) is 2. The van der Waals surface area contributed by atoms with Crippen molar-refractivity contribution in [3.63, 3.8) is 0 Å². The summed E-state index contributed by atoms with van der Waals surface area (Å²) in [6.07, 6.45) is 3.54. The number of carbonyl (C=O) groups is 2. The molecule has 7 heteroatoms. The summed E-state index contributed by atoms with van der Waals surface area (Å²) >= 11 is 1.42. The van der Waals surface area contributed by atoms with Crippen LogP contribution in [-0.2, 0) is 4.79 Å². The summed E-state index contributed by atoms with van der Waals surface area (Å²) in [5.74, 6) is -0.353. The molecule has 0 aliphatic carbocycles. The van der Waals surface area contributed by atoms with Gasteiger partial charge in [0, 0.05) is 36.6 Å². The number of anilines is 1. The van der Waals surface area contributed by atoms with Crippen molar-refractivity contribution >= 4 is 29.3 Å². The number of aromatic nitrogens is 2.